The minimum absolute atomic E-state index is 0.0289. The van der Waals surface area contributed by atoms with E-state index in [1.807, 2.05) is 0 Å². The summed E-state index contributed by atoms with van der Waals surface area (Å²) < 4.78 is 34.5. The molecule has 2 heterocycles. The summed E-state index contributed by atoms with van der Waals surface area (Å²) in [6, 6.07) is 8.45. The third-order valence-electron chi connectivity index (χ3n) is 3.12. The van der Waals surface area contributed by atoms with Crippen molar-refractivity contribution in [1.82, 2.24) is 4.98 Å². The fourth-order valence-electron chi connectivity index (χ4n) is 2.04. The van der Waals surface area contributed by atoms with Crippen LogP contribution in [0.3, 0.4) is 0 Å². The van der Waals surface area contributed by atoms with Crippen LogP contribution in [0, 0.1) is 6.92 Å². The van der Waals surface area contributed by atoms with E-state index in [4.69, 9.17) is 20.2 Å². The molecule has 0 saturated heterocycles. The molecular formula is C15H10ClNO5S. The summed E-state index contributed by atoms with van der Waals surface area (Å²) in [4.78, 5) is 15.0. The van der Waals surface area contributed by atoms with Gasteiger partial charge in [0.05, 0.1) is 6.20 Å². The van der Waals surface area contributed by atoms with Crippen LogP contribution in [0.25, 0.3) is 11.0 Å². The van der Waals surface area contributed by atoms with E-state index in [2.05, 4.69) is 4.98 Å². The first-order valence-electron chi connectivity index (χ1n) is 6.46. The van der Waals surface area contributed by atoms with E-state index < -0.39 is 15.7 Å². The Hall–Kier alpha value is -2.38. The number of pyridine rings is 1. The van der Waals surface area contributed by atoms with Crippen LogP contribution in [0.1, 0.15) is 5.56 Å². The quantitative estimate of drug-likeness (QED) is 0.409. The maximum atomic E-state index is 12.2. The van der Waals surface area contributed by atoms with Gasteiger partial charge in [0, 0.05) is 17.5 Å². The number of benzene rings is 1. The predicted octanol–water partition coefficient (Wildman–Crippen LogP) is 2.92. The molecule has 0 atom stereocenters. The first-order valence-corrected chi connectivity index (χ1v) is 8.24. The number of fused-ring (bicyclic) bond motifs is 1. The van der Waals surface area contributed by atoms with E-state index in [1.54, 1.807) is 13.0 Å². The average Bonchev–Trinajstić information content (AvgIpc) is 2.46. The highest BCUT2D eigenvalue weighted by molar-refractivity contribution is 7.87. The predicted molar refractivity (Wildman–Crippen MR) is 84.3 cm³/mol. The highest BCUT2D eigenvalue weighted by atomic mass is 35.5. The number of aromatic nitrogens is 1. The smallest absolute Gasteiger partial charge is 0.340 e. The first-order chi connectivity index (χ1) is 10.8. The van der Waals surface area contributed by atoms with Gasteiger partial charge in [-0.25, -0.2) is 9.78 Å². The molecule has 0 radical (unpaired) electrons. The van der Waals surface area contributed by atoms with E-state index >= 15 is 0 Å². The van der Waals surface area contributed by atoms with Crippen molar-refractivity contribution in [3.63, 3.8) is 0 Å². The molecule has 0 amide bonds. The van der Waals surface area contributed by atoms with Crippen LogP contribution in [0.4, 0.5) is 0 Å². The number of rotatable bonds is 3. The lowest BCUT2D eigenvalue weighted by Crippen LogP contribution is -2.10. The molecule has 0 bridgehead atoms. The van der Waals surface area contributed by atoms with E-state index in [0.29, 0.717) is 5.39 Å². The fourth-order valence-corrected chi connectivity index (χ4v) is 3.02. The normalized spacial score (nSPS) is 11.6. The Bertz CT molecular complexity index is 1040. The summed E-state index contributed by atoms with van der Waals surface area (Å²) in [5.41, 5.74) is 0.460. The lowest BCUT2D eigenvalue weighted by molar-refractivity contribution is 0.484. The van der Waals surface area contributed by atoms with Crippen LogP contribution in [0.2, 0.25) is 5.15 Å². The molecule has 3 aromatic rings. The average molecular weight is 352 g/mol. The zero-order chi connectivity index (χ0) is 16.6. The van der Waals surface area contributed by atoms with Gasteiger partial charge in [-0.2, -0.15) is 8.42 Å². The number of nitrogens with zero attached hydrogens (tertiary/aromatic N) is 1. The summed E-state index contributed by atoms with van der Waals surface area (Å²) in [6.07, 6.45) is 1.10. The minimum atomic E-state index is -4.06. The molecule has 0 saturated carbocycles. The van der Waals surface area contributed by atoms with Crippen LogP contribution < -0.4 is 9.81 Å². The Morgan fingerprint density at radius 3 is 2.65 bits per heavy atom. The van der Waals surface area contributed by atoms with E-state index in [9.17, 15) is 13.2 Å². The van der Waals surface area contributed by atoms with Crippen LogP contribution in [0.5, 0.6) is 5.75 Å². The van der Waals surface area contributed by atoms with Crippen molar-refractivity contribution in [2.24, 2.45) is 0 Å². The molecule has 2 aromatic heterocycles. The maximum Gasteiger partial charge on any atom is 0.340 e. The van der Waals surface area contributed by atoms with Crippen molar-refractivity contribution in [3.8, 4) is 5.75 Å². The lowest BCUT2D eigenvalue weighted by atomic mass is 10.1. The van der Waals surface area contributed by atoms with Crippen LogP contribution >= 0.6 is 11.6 Å². The minimum Gasteiger partial charge on any atom is -0.423 e. The molecule has 0 aliphatic carbocycles. The van der Waals surface area contributed by atoms with E-state index in [0.717, 1.165) is 11.8 Å². The first kappa shape index (κ1) is 15.5. The molecule has 1 aromatic carbocycles. The maximum absolute atomic E-state index is 12.2. The largest absolute Gasteiger partial charge is 0.423 e. The number of halogens is 1. The molecule has 3 rings (SSSR count). The van der Waals surface area contributed by atoms with E-state index in [1.165, 1.54) is 30.3 Å². The van der Waals surface area contributed by atoms with Crippen molar-refractivity contribution in [2.45, 2.75) is 11.8 Å². The Labute approximate surface area is 136 Å². The zero-order valence-electron chi connectivity index (χ0n) is 11.8. The molecule has 6 nitrogen and oxygen atoms in total. The monoisotopic (exact) mass is 351 g/mol. The van der Waals surface area contributed by atoms with Gasteiger partial charge in [-0.3, -0.25) is 0 Å². The second kappa shape index (κ2) is 5.68. The van der Waals surface area contributed by atoms with Gasteiger partial charge in [-0.05, 0) is 36.8 Å². The highest BCUT2D eigenvalue weighted by Gasteiger charge is 2.18. The van der Waals surface area contributed by atoms with Crippen molar-refractivity contribution in [2.75, 3.05) is 0 Å². The van der Waals surface area contributed by atoms with Gasteiger partial charge in [-0.15, -0.1) is 0 Å². The Morgan fingerprint density at radius 1 is 1.17 bits per heavy atom. The Morgan fingerprint density at radius 2 is 1.96 bits per heavy atom. The zero-order valence-corrected chi connectivity index (χ0v) is 13.4. The molecule has 0 fully saturated rings. The third-order valence-corrected chi connectivity index (χ3v) is 4.57. The summed E-state index contributed by atoms with van der Waals surface area (Å²) >= 11 is 5.63. The molecule has 0 N–H and O–H groups in total. The topological polar surface area (TPSA) is 86.5 Å². The molecule has 0 unspecified atom stereocenters. The van der Waals surface area contributed by atoms with Gasteiger partial charge in [0.15, 0.2) is 0 Å². The second-order valence-corrected chi connectivity index (χ2v) is 6.69. The lowest BCUT2D eigenvalue weighted by Gasteiger charge is -2.08. The van der Waals surface area contributed by atoms with E-state index in [-0.39, 0.29) is 21.4 Å². The van der Waals surface area contributed by atoms with Crippen molar-refractivity contribution < 1.29 is 17.0 Å². The molecule has 0 aliphatic heterocycles. The van der Waals surface area contributed by atoms with Crippen LogP contribution in [-0.2, 0) is 10.1 Å². The standard InChI is InChI=1S/C15H10ClNO5S/c1-9-6-15(18)21-13-7-10(2-4-12(9)13)22-23(19,20)11-3-5-14(16)17-8-11/h2-8H,1H3. The second-order valence-electron chi connectivity index (χ2n) is 4.76. The van der Waals surface area contributed by atoms with Crippen molar-refractivity contribution in [3.05, 3.63) is 63.7 Å². The molecule has 8 heteroatoms. The number of hydrogen-bond donors (Lipinski definition) is 0. The third kappa shape index (κ3) is 3.20. The number of aryl methyl sites for hydroxylation is 1. The Balaban J connectivity index is 2.01. The Kier molecular flexibility index (Phi) is 3.83. The van der Waals surface area contributed by atoms with Gasteiger partial charge in [0.1, 0.15) is 21.4 Å². The van der Waals surface area contributed by atoms with Gasteiger partial charge in [0.25, 0.3) is 0 Å². The molecule has 0 spiro atoms. The summed E-state index contributed by atoms with van der Waals surface area (Å²) in [7, 11) is -4.06. The summed E-state index contributed by atoms with van der Waals surface area (Å²) in [6.45, 7) is 1.76. The van der Waals surface area contributed by atoms with Gasteiger partial charge < -0.3 is 8.60 Å². The fraction of sp³-hybridized carbons (Fsp3) is 0.0667. The van der Waals surface area contributed by atoms with Gasteiger partial charge in [-0.1, -0.05) is 11.6 Å². The van der Waals surface area contributed by atoms with Gasteiger partial charge >= 0.3 is 15.7 Å². The molecule has 118 valence electrons. The highest BCUT2D eigenvalue weighted by Crippen LogP contribution is 2.25. The number of hydrogen-bond acceptors (Lipinski definition) is 6. The molecule has 23 heavy (non-hydrogen) atoms. The summed E-state index contributed by atoms with van der Waals surface area (Å²) in [5, 5.41) is 0.870. The van der Waals surface area contributed by atoms with Crippen LogP contribution in [0.15, 0.2) is 56.7 Å². The van der Waals surface area contributed by atoms with Gasteiger partial charge in [0.2, 0.25) is 0 Å². The van der Waals surface area contributed by atoms with Crippen molar-refractivity contribution >= 4 is 32.7 Å². The SMILES string of the molecule is Cc1cc(=O)oc2cc(OS(=O)(=O)c3ccc(Cl)nc3)ccc12. The molecular weight excluding hydrogens is 342 g/mol. The molecule has 0 aliphatic rings. The van der Waals surface area contributed by atoms with Crippen molar-refractivity contribution in [1.29, 1.82) is 0 Å². The summed E-state index contributed by atoms with van der Waals surface area (Å²) in [5.74, 6) is 0.0289. The van der Waals surface area contributed by atoms with Crippen LogP contribution in [-0.4, -0.2) is 13.4 Å².